The number of anilines is 1. The van der Waals surface area contributed by atoms with Crippen LogP contribution in [0.1, 0.15) is 30.5 Å². The minimum absolute atomic E-state index is 0.0590. The summed E-state index contributed by atoms with van der Waals surface area (Å²) in [7, 11) is 0. The topological polar surface area (TPSA) is 59.1 Å². The molecule has 2 amide bonds. The van der Waals surface area contributed by atoms with Crippen molar-refractivity contribution < 1.29 is 19.1 Å². The fraction of sp³-hybridized carbons (Fsp3) is 0.360. The van der Waals surface area contributed by atoms with E-state index in [2.05, 4.69) is 0 Å². The molecule has 1 saturated heterocycles. The van der Waals surface area contributed by atoms with Gasteiger partial charge < -0.3 is 14.4 Å². The van der Waals surface area contributed by atoms with Gasteiger partial charge in [-0.25, -0.2) is 4.90 Å². The van der Waals surface area contributed by atoms with Gasteiger partial charge in [0.1, 0.15) is 11.4 Å². The molecule has 2 aliphatic heterocycles. The molecule has 2 aromatic rings. The quantitative estimate of drug-likeness (QED) is 0.691. The highest BCUT2D eigenvalue weighted by Crippen LogP contribution is 2.36. The maximum absolute atomic E-state index is 13.6. The number of rotatable bonds is 5. The molecule has 0 aromatic heterocycles. The SMILES string of the molecule is Cc1cc(C)cc(N2C(=O)C(c3ccc(OC(C)C)cc3)=C(N3CCOCC3)C2=O)c1. The molecule has 0 unspecified atom stereocenters. The number of hydrogen-bond donors (Lipinski definition) is 0. The van der Waals surface area contributed by atoms with Crippen LogP contribution in [-0.4, -0.2) is 49.1 Å². The Balaban J connectivity index is 1.78. The number of nitrogens with zero attached hydrogens (tertiary/aromatic N) is 2. The molecule has 0 atom stereocenters. The van der Waals surface area contributed by atoms with Gasteiger partial charge in [0.25, 0.3) is 11.8 Å². The van der Waals surface area contributed by atoms with E-state index < -0.39 is 0 Å². The van der Waals surface area contributed by atoms with Crippen molar-refractivity contribution in [1.29, 1.82) is 0 Å². The smallest absolute Gasteiger partial charge is 0.282 e. The van der Waals surface area contributed by atoms with Crippen molar-refractivity contribution in [1.82, 2.24) is 4.90 Å². The van der Waals surface area contributed by atoms with Crippen LogP contribution in [0.4, 0.5) is 5.69 Å². The van der Waals surface area contributed by atoms with Crippen molar-refractivity contribution in [3.05, 3.63) is 64.9 Å². The highest BCUT2D eigenvalue weighted by atomic mass is 16.5. The molecule has 31 heavy (non-hydrogen) atoms. The minimum atomic E-state index is -0.297. The van der Waals surface area contributed by atoms with Gasteiger partial charge in [-0.2, -0.15) is 0 Å². The number of benzene rings is 2. The maximum Gasteiger partial charge on any atom is 0.282 e. The van der Waals surface area contributed by atoms with Gasteiger partial charge in [-0.15, -0.1) is 0 Å². The fourth-order valence-corrected chi connectivity index (χ4v) is 4.15. The van der Waals surface area contributed by atoms with Crippen LogP contribution in [0, 0.1) is 13.8 Å². The number of imide groups is 1. The lowest BCUT2D eigenvalue weighted by Gasteiger charge is -2.29. The lowest BCUT2D eigenvalue weighted by molar-refractivity contribution is -0.121. The van der Waals surface area contributed by atoms with E-state index in [9.17, 15) is 9.59 Å². The predicted octanol–water partition coefficient (Wildman–Crippen LogP) is 3.71. The first-order valence-corrected chi connectivity index (χ1v) is 10.7. The molecule has 6 nitrogen and oxygen atoms in total. The molecule has 4 rings (SSSR count). The van der Waals surface area contributed by atoms with Crippen molar-refractivity contribution in [2.45, 2.75) is 33.8 Å². The summed E-state index contributed by atoms with van der Waals surface area (Å²) in [5, 5.41) is 0. The third-order valence-corrected chi connectivity index (χ3v) is 5.37. The van der Waals surface area contributed by atoms with Gasteiger partial charge >= 0.3 is 0 Å². The van der Waals surface area contributed by atoms with Crippen LogP contribution in [0.15, 0.2) is 48.2 Å². The summed E-state index contributed by atoms with van der Waals surface area (Å²) in [4.78, 5) is 30.5. The molecule has 2 aliphatic rings. The van der Waals surface area contributed by atoms with Crippen molar-refractivity contribution in [2.24, 2.45) is 0 Å². The molecule has 0 saturated carbocycles. The Hall–Kier alpha value is -3.12. The normalized spacial score (nSPS) is 17.2. The second kappa shape index (κ2) is 8.55. The van der Waals surface area contributed by atoms with Crippen LogP contribution in [0.3, 0.4) is 0 Å². The fourth-order valence-electron chi connectivity index (χ4n) is 4.15. The van der Waals surface area contributed by atoms with E-state index in [1.54, 1.807) is 0 Å². The van der Waals surface area contributed by atoms with Crippen LogP contribution >= 0.6 is 0 Å². The van der Waals surface area contributed by atoms with Crippen molar-refractivity contribution in [2.75, 3.05) is 31.2 Å². The molecule has 0 aliphatic carbocycles. The van der Waals surface area contributed by atoms with Crippen LogP contribution in [0.5, 0.6) is 5.75 Å². The Bertz CT molecular complexity index is 1010. The second-order valence-electron chi connectivity index (χ2n) is 8.31. The third-order valence-electron chi connectivity index (χ3n) is 5.37. The Morgan fingerprint density at radius 2 is 1.52 bits per heavy atom. The molecular formula is C25H28N2O4. The minimum Gasteiger partial charge on any atom is -0.491 e. The first-order valence-electron chi connectivity index (χ1n) is 10.7. The van der Waals surface area contributed by atoms with Gasteiger partial charge in [-0.1, -0.05) is 18.2 Å². The molecule has 0 bridgehead atoms. The second-order valence-corrected chi connectivity index (χ2v) is 8.31. The monoisotopic (exact) mass is 420 g/mol. The van der Waals surface area contributed by atoms with Crippen LogP contribution in [0.25, 0.3) is 5.57 Å². The first kappa shape index (κ1) is 21.1. The molecule has 162 valence electrons. The number of morpholine rings is 1. The molecule has 1 fully saturated rings. The molecule has 0 radical (unpaired) electrons. The van der Waals surface area contributed by atoms with E-state index >= 15 is 0 Å². The average Bonchev–Trinajstić information content (AvgIpc) is 2.98. The maximum atomic E-state index is 13.6. The van der Waals surface area contributed by atoms with Crippen molar-refractivity contribution in [3.8, 4) is 5.75 Å². The van der Waals surface area contributed by atoms with Crippen molar-refractivity contribution >= 4 is 23.1 Å². The summed E-state index contributed by atoms with van der Waals surface area (Å²) in [5.41, 5.74) is 4.21. The van der Waals surface area contributed by atoms with E-state index in [1.807, 2.05) is 75.1 Å². The Kier molecular flexibility index (Phi) is 5.83. The molecule has 6 heteroatoms. The molecule has 2 aromatic carbocycles. The van der Waals surface area contributed by atoms with E-state index in [-0.39, 0.29) is 17.9 Å². The van der Waals surface area contributed by atoms with E-state index in [0.717, 1.165) is 16.9 Å². The van der Waals surface area contributed by atoms with E-state index in [0.29, 0.717) is 48.8 Å². The highest BCUT2D eigenvalue weighted by molar-refractivity contribution is 6.45. The van der Waals surface area contributed by atoms with E-state index in [1.165, 1.54) is 4.90 Å². The summed E-state index contributed by atoms with van der Waals surface area (Å²) in [6.07, 6.45) is 0.0590. The average molecular weight is 421 g/mol. The summed E-state index contributed by atoms with van der Waals surface area (Å²) in [6.45, 7) is 10.1. The van der Waals surface area contributed by atoms with Gasteiger partial charge in [-0.05, 0) is 68.7 Å². The first-order chi connectivity index (χ1) is 14.8. The summed E-state index contributed by atoms with van der Waals surface area (Å²) in [6, 6.07) is 13.2. The summed E-state index contributed by atoms with van der Waals surface area (Å²) in [5.74, 6) is 0.152. The third kappa shape index (κ3) is 4.21. The van der Waals surface area contributed by atoms with Gasteiger partial charge in [0.05, 0.1) is 30.6 Å². The number of ether oxygens (including phenoxy) is 2. The lowest BCUT2D eigenvalue weighted by atomic mass is 10.0. The largest absolute Gasteiger partial charge is 0.491 e. The highest BCUT2D eigenvalue weighted by Gasteiger charge is 2.42. The number of amides is 2. The predicted molar refractivity (Wildman–Crippen MR) is 120 cm³/mol. The standard InChI is InChI=1S/C25H28N2O4/c1-16(2)31-21-7-5-19(6-8-21)22-23(26-9-11-30-12-10-26)25(29)27(24(22)28)20-14-17(3)13-18(4)15-20/h5-8,13-16H,9-12H2,1-4H3. The number of carbonyl (C=O) groups is 2. The zero-order valence-electron chi connectivity index (χ0n) is 18.5. The summed E-state index contributed by atoms with van der Waals surface area (Å²) < 4.78 is 11.2. The van der Waals surface area contributed by atoms with E-state index in [4.69, 9.17) is 9.47 Å². The van der Waals surface area contributed by atoms with Crippen LogP contribution in [0.2, 0.25) is 0 Å². The Morgan fingerprint density at radius 1 is 0.903 bits per heavy atom. The molecule has 0 N–H and O–H groups in total. The summed E-state index contributed by atoms with van der Waals surface area (Å²) >= 11 is 0. The zero-order valence-corrected chi connectivity index (χ0v) is 18.5. The zero-order chi connectivity index (χ0) is 22.1. The van der Waals surface area contributed by atoms with Gasteiger partial charge in [0.15, 0.2) is 0 Å². The van der Waals surface area contributed by atoms with Crippen LogP contribution in [-0.2, 0) is 14.3 Å². The van der Waals surface area contributed by atoms with Gasteiger partial charge in [0, 0.05) is 13.1 Å². The molecule has 0 spiro atoms. The van der Waals surface area contributed by atoms with Gasteiger partial charge in [-0.3, -0.25) is 9.59 Å². The molecule has 2 heterocycles. The number of carbonyl (C=O) groups excluding carboxylic acids is 2. The van der Waals surface area contributed by atoms with Crippen LogP contribution < -0.4 is 9.64 Å². The molecular weight excluding hydrogens is 392 g/mol. The van der Waals surface area contributed by atoms with Gasteiger partial charge in [0.2, 0.25) is 0 Å². The lowest BCUT2D eigenvalue weighted by Crippen LogP contribution is -2.40. The van der Waals surface area contributed by atoms with Crippen molar-refractivity contribution in [3.63, 3.8) is 0 Å². The Labute approximate surface area is 183 Å². The number of aryl methyl sites for hydroxylation is 2. The number of hydrogen-bond acceptors (Lipinski definition) is 5. The Morgan fingerprint density at radius 3 is 2.10 bits per heavy atom.